The van der Waals surface area contributed by atoms with Crippen molar-refractivity contribution in [2.75, 3.05) is 38.3 Å². The molecule has 0 spiro atoms. The normalized spacial score (nSPS) is 24.5. The number of amides is 1. The van der Waals surface area contributed by atoms with Crippen LogP contribution in [0.3, 0.4) is 0 Å². The van der Waals surface area contributed by atoms with Gasteiger partial charge in [0.05, 0.1) is 56.0 Å². The Morgan fingerprint density at radius 1 is 0.754 bits per heavy atom. The Bertz CT molecular complexity index is 2410. The van der Waals surface area contributed by atoms with Crippen LogP contribution >= 0.6 is 0 Å². The van der Waals surface area contributed by atoms with Crippen LogP contribution in [-0.4, -0.2) is 165 Å². The zero-order valence-corrected chi connectivity index (χ0v) is 30.0. The number of fused-ring (bicyclic) bond motifs is 2. The number of anilines is 2. The maximum absolute atomic E-state index is 11.8. The molecule has 0 bridgehead atoms. The molecule has 2 aliphatic rings. The van der Waals surface area contributed by atoms with E-state index >= 15 is 0 Å². The van der Waals surface area contributed by atoms with Gasteiger partial charge in [-0.2, -0.15) is 30.1 Å². The Labute approximate surface area is 318 Å². The number of aliphatic hydroxyl groups is 6. The van der Waals surface area contributed by atoms with Gasteiger partial charge in [-0.1, -0.05) is 0 Å². The molecule has 2 saturated heterocycles. The van der Waals surface area contributed by atoms with Crippen molar-refractivity contribution in [2.45, 2.75) is 56.0 Å². The van der Waals surface area contributed by atoms with E-state index < -0.39 is 68.3 Å². The summed E-state index contributed by atoms with van der Waals surface area (Å²) in [6.45, 7) is 0.995. The Hall–Kier alpha value is -6.26. The van der Waals surface area contributed by atoms with E-state index in [2.05, 4.69) is 45.4 Å². The molecular formula is C31H37N15O11. The van der Waals surface area contributed by atoms with Gasteiger partial charge < -0.3 is 61.6 Å². The first-order valence-electron chi connectivity index (χ1n) is 17.1. The van der Waals surface area contributed by atoms with Gasteiger partial charge in [-0.25, -0.2) is 24.1 Å². The molecule has 0 unspecified atom stereocenters. The molecule has 6 aromatic heterocycles. The summed E-state index contributed by atoms with van der Waals surface area (Å²) in [5.41, 5.74) is 13.4. The Balaban J connectivity index is 0.000000174. The van der Waals surface area contributed by atoms with Crippen molar-refractivity contribution >= 4 is 45.8 Å². The standard InChI is InChI=1S/C16H19N7O6.C15H18N8O5/c1-2-28-15(27)7-3-19-23(4-7)16-20-12(17)9-13(21-16)22(6-18-9)14-11(26)10(25)8(5-24)29-14;1-17-13(27)6-2-19-23(3-6)15-20-11(16)8-12(21-15)22(5-18-8)14-10(26)9(25)7(4-24)28-14/h3-4,6,8,10-11,14,24-26H,2,5H2,1H3,(H2,17,20,21);2-3,5,7,9-10,14,24-26H,4H2,1H3,(H,17,27)(H2,16,20,21)/t8-,10-,11-,14-;7-,9-,10-,14-/m11/s1. The first-order chi connectivity index (χ1) is 27.4. The van der Waals surface area contributed by atoms with Gasteiger partial charge in [0.15, 0.2) is 35.4 Å². The number of aliphatic hydroxyl groups excluding tert-OH is 6. The van der Waals surface area contributed by atoms with Crippen LogP contribution in [0, 0.1) is 0 Å². The molecule has 2 aliphatic heterocycles. The summed E-state index contributed by atoms with van der Waals surface area (Å²) in [6, 6.07) is 0. The lowest BCUT2D eigenvalue weighted by Gasteiger charge is -2.16. The van der Waals surface area contributed by atoms with Crippen LogP contribution in [0.2, 0.25) is 0 Å². The van der Waals surface area contributed by atoms with E-state index in [-0.39, 0.29) is 63.9 Å². The van der Waals surface area contributed by atoms with Crippen molar-refractivity contribution < 1.29 is 54.4 Å². The van der Waals surface area contributed by atoms with Crippen LogP contribution in [0.15, 0.2) is 37.4 Å². The highest BCUT2D eigenvalue weighted by Crippen LogP contribution is 2.33. The fourth-order valence-corrected chi connectivity index (χ4v) is 6.10. The molecule has 8 atom stereocenters. The fourth-order valence-electron chi connectivity index (χ4n) is 6.10. The van der Waals surface area contributed by atoms with Crippen molar-refractivity contribution in [1.82, 2.24) is 63.9 Å². The number of aromatic nitrogens is 12. The number of nitrogens with one attached hydrogen (secondary N) is 1. The number of nitrogens with two attached hydrogens (primary N) is 2. The van der Waals surface area contributed by atoms with Crippen LogP contribution in [0.1, 0.15) is 40.1 Å². The summed E-state index contributed by atoms with van der Waals surface area (Å²) in [4.78, 5) is 48.8. The molecule has 57 heavy (non-hydrogen) atoms. The average Bonchev–Trinajstić information content (AvgIpc) is 4.07. The predicted octanol–water partition coefficient (Wildman–Crippen LogP) is -4.05. The van der Waals surface area contributed by atoms with Gasteiger partial charge in [-0.3, -0.25) is 13.9 Å². The summed E-state index contributed by atoms with van der Waals surface area (Å²) in [5, 5.41) is 69.7. The van der Waals surface area contributed by atoms with Crippen molar-refractivity contribution in [2.24, 2.45) is 0 Å². The van der Waals surface area contributed by atoms with E-state index in [0.29, 0.717) is 5.56 Å². The zero-order valence-electron chi connectivity index (χ0n) is 30.0. The van der Waals surface area contributed by atoms with E-state index in [1.54, 1.807) is 6.92 Å². The van der Waals surface area contributed by atoms with Gasteiger partial charge >= 0.3 is 5.97 Å². The molecule has 0 aromatic carbocycles. The quantitative estimate of drug-likeness (QED) is 0.0629. The molecule has 0 aliphatic carbocycles. The van der Waals surface area contributed by atoms with Crippen molar-refractivity contribution in [3.05, 3.63) is 48.6 Å². The average molecular weight is 796 g/mol. The first-order valence-corrected chi connectivity index (χ1v) is 17.1. The van der Waals surface area contributed by atoms with E-state index in [1.165, 1.54) is 63.0 Å². The summed E-state index contributed by atoms with van der Waals surface area (Å²) in [6.07, 6.45) is -0.960. The van der Waals surface area contributed by atoms with Crippen molar-refractivity contribution in [1.29, 1.82) is 0 Å². The topological polar surface area (TPSA) is 370 Å². The zero-order chi connectivity index (χ0) is 40.7. The highest BCUT2D eigenvalue weighted by Gasteiger charge is 2.45. The van der Waals surface area contributed by atoms with Gasteiger partial charge in [0, 0.05) is 19.4 Å². The minimum Gasteiger partial charge on any atom is -0.462 e. The number of carbonyl (C=O) groups excluding carboxylic acids is 2. The molecule has 1 amide bonds. The molecule has 8 rings (SSSR count). The van der Waals surface area contributed by atoms with Gasteiger partial charge in [-0.05, 0) is 6.92 Å². The number of nitrogens with zero attached hydrogens (tertiary/aromatic N) is 12. The van der Waals surface area contributed by atoms with E-state index in [1.807, 2.05) is 0 Å². The highest BCUT2D eigenvalue weighted by atomic mass is 16.6. The molecule has 11 N–H and O–H groups in total. The number of nitrogen functional groups attached to an aromatic ring is 2. The third-order valence-corrected chi connectivity index (χ3v) is 9.03. The Kier molecular flexibility index (Phi) is 10.7. The molecule has 0 radical (unpaired) electrons. The second-order valence-electron chi connectivity index (χ2n) is 12.6. The maximum atomic E-state index is 11.8. The van der Waals surface area contributed by atoms with E-state index in [0.717, 1.165) is 0 Å². The van der Waals surface area contributed by atoms with E-state index in [9.17, 15) is 40.2 Å². The van der Waals surface area contributed by atoms with Crippen LogP contribution in [0.25, 0.3) is 34.2 Å². The van der Waals surface area contributed by atoms with Crippen LogP contribution in [0.4, 0.5) is 11.6 Å². The fraction of sp³-hybridized carbons (Fsp3) is 0.419. The lowest BCUT2D eigenvalue weighted by molar-refractivity contribution is -0.0511. The maximum Gasteiger partial charge on any atom is 0.341 e. The lowest BCUT2D eigenvalue weighted by Crippen LogP contribution is -2.33. The smallest absolute Gasteiger partial charge is 0.341 e. The minimum atomic E-state index is -1.32. The molecular weight excluding hydrogens is 758 g/mol. The Morgan fingerprint density at radius 2 is 1.21 bits per heavy atom. The van der Waals surface area contributed by atoms with Gasteiger partial charge in [-0.15, -0.1) is 0 Å². The van der Waals surface area contributed by atoms with Crippen LogP contribution < -0.4 is 16.8 Å². The van der Waals surface area contributed by atoms with Gasteiger partial charge in [0.1, 0.15) is 47.7 Å². The van der Waals surface area contributed by atoms with Crippen molar-refractivity contribution in [3.63, 3.8) is 0 Å². The molecule has 8 heterocycles. The predicted molar refractivity (Wildman–Crippen MR) is 189 cm³/mol. The minimum absolute atomic E-state index is 0.0451. The second kappa shape index (κ2) is 15.7. The second-order valence-corrected chi connectivity index (χ2v) is 12.6. The number of ether oxygens (including phenoxy) is 3. The molecule has 26 nitrogen and oxygen atoms in total. The summed E-state index contributed by atoms with van der Waals surface area (Å²) in [7, 11) is 1.50. The molecule has 26 heteroatoms. The summed E-state index contributed by atoms with van der Waals surface area (Å²) >= 11 is 0. The third-order valence-electron chi connectivity index (χ3n) is 9.03. The molecule has 0 saturated carbocycles. The van der Waals surface area contributed by atoms with Crippen LogP contribution in [-0.2, 0) is 14.2 Å². The Morgan fingerprint density at radius 3 is 1.63 bits per heavy atom. The lowest BCUT2D eigenvalue weighted by atomic mass is 10.1. The number of hydrogen-bond acceptors (Lipinski definition) is 21. The SMILES string of the molecule is CCOC(=O)c1cnn(-c2nc(N)c3ncn([C@@H]4O[C@H](CO)[C@@H](O)[C@H]4O)c3n2)c1.CNC(=O)c1cnn(-c2nc(N)c3ncn([C@@H]4O[C@H](CO)[C@@H](O)[C@H]4O)c3n2)c1. The largest absolute Gasteiger partial charge is 0.462 e. The van der Waals surface area contributed by atoms with E-state index in [4.69, 9.17) is 25.7 Å². The molecule has 6 aromatic rings. The number of rotatable bonds is 9. The van der Waals surface area contributed by atoms with Crippen LogP contribution in [0.5, 0.6) is 0 Å². The monoisotopic (exact) mass is 795 g/mol. The third kappa shape index (κ3) is 7.06. The van der Waals surface area contributed by atoms with Crippen molar-refractivity contribution in [3.8, 4) is 11.9 Å². The highest BCUT2D eigenvalue weighted by molar-refractivity contribution is 5.93. The summed E-state index contributed by atoms with van der Waals surface area (Å²) < 4.78 is 21.3. The number of carbonyl (C=O) groups is 2. The first kappa shape index (κ1) is 39.0. The van der Waals surface area contributed by atoms with Gasteiger partial charge in [0.25, 0.3) is 17.8 Å². The molecule has 302 valence electrons. The number of imidazole rings is 2. The number of hydrogen-bond donors (Lipinski definition) is 9. The van der Waals surface area contributed by atoms with Gasteiger partial charge in [0.2, 0.25) is 0 Å². The molecule has 2 fully saturated rings. The number of esters is 1. The summed E-state index contributed by atoms with van der Waals surface area (Å²) in [5.74, 6) is -0.625.